The largest absolute Gasteiger partial charge is 0.444 e. The third kappa shape index (κ3) is 4.59. The lowest BCUT2D eigenvalue weighted by Crippen LogP contribution is -2.42. The zero-order chi connectivity index (χ0) is 16.1. The van der Waals surface area contributed by atoms with E-state index in [2.05, 4.69) is 46.6 Å². The monoisotopic (exact) mass is 320 g/mol. The van der Waals surface area contributed by atoms with Crippen molar-refractivity contribution in [3.05, 3.63) is 39.2 Å². The molecule has 2 heterocycles. The average molecular weight is 320 g/mol. The van der Waals surface area contributed by atoms with Gasteiger partial charge >= 0.3 is 0 Å². The zero-order valence-electron chi connectivity index (χ0n) is 13.9. The van der Waals surface area contributed by atoms with Crippen molar-refractivity contribution in [3.8, 4) is 0 Å². The summed E-state index contributed by atoms with van der Waals surface area (Å²) in [4.78, 5) is 11.3. The Morgan fingerprint density at radius 2 is 2.14 bits per heavy atom. The molecule has 0 aliphatic heterocycles. The lowest BCUT2D eigenvalue weighted by atomic mass is 10.2. The number of nitrogens with one attached hydrogen (secondary N) is 2. The molecule has 2 rings (SSSR count). The zero-order valence-corrected chi connectivity index (χ0v) is 14.7. The Kier molecular flexibility index (Phi) is 5.60. The van der Waals surface area contributed by atoms with Crippen LogP contribution in [0.3, 0.4) is 0 Å². The predicted molar refractivity (Wildman–Crippen MR) is 91.5 cm³/mol. The quantitative estimate of drug-likeness (QED) is 0.657. The van der Waals surface area contributed by atoms with Gasteiger partial charge in [0.25, 0.3) is 0 Å². The Morgan fingerprint density at radius 3 is 2.68 bits per heavy atom. The Balaban J connectivity index is 1.83. The maximum atomic E-state index is 5.56. The molecule has 5 nitrogen and oxygen atoms in total. The van der Waals surface area contributed by atoms with E-state index in [1.54, 1.807) is 7.05 Å². The molecular weight excluding hydrogens is 296 g/mol. The van der Waals surface area contributed by atoms with E-state index >= 15 is 0 Å². The van der Waals surface area contributed by atoms with Gasteiger partial charge in [0.1, 0.15) is 5.76 Å². The number of aryl methyl sites for hydroxylation is 3. The summed E-state index contributed by atoms with van der Waals surface area (Å²) in [6, 6.07) is 4.65. The number of nitrogens with zero attached hydrogens (tertiary/aromatic N) is 2. The smallest absolute Gasteiger partial charge is 0.214 e. The van der Waals surface area contributed by atoms with Crippen LogP contribution in [0.5, 0.6) is 0 Å². The first-order valence-corrected chi connectivity index (χ1v) is 8.25. The Morgan fingerprint density at radius 1 is 1.36 bits per heavy atom. The maximum Gasteiger partial charge on any atom is 0.214 e. The van der Waals surface area contributed by atoms with Gasteiger partial charge in [-0.2, -0.15) is 0 Å². The van der Waals surface area contributed by atoms with Crippen molar-refractivity contribution in [3.63, 3.8) is 0 Å². The molecule has 22 heavy (non-hydrogen) atoms. The van der Waals surface area contributed by atoms with E-state index in [1.807, 2.05) is 25.2 Å². The Bertz CT molecular complexity index is 625. The van der Waals surface area contributed by atoms with Gasteiger partial charge in [-0.15, -0.1) is 11.3 Å². The van der Waals surface area contributed by atoms with E-state index in [0.29, 0.717) is 18.5 Å². The van der Waals surface area contributed by atoms with E-state index in [1.165, 1.54) is 9.75 Å². The van der Waals surface area contributed by atoms with Gasteiger partial charge in [0, 0.05) is 29.3 Å². The predicted octanol–water partition coefficient (Wildman–Crippen LogP) is 2.96. The average Bonchev–Trinajstić information content (AvgIpc) is 3.01. The summed E-state index contributed by atoms with van der Waals surface area (Å²) in [6.07, 6.45) is 0.983. The Labute approximate surface area is 135 Å². The van der Waals surface area contributed by atoms with E-state index in [0.717, 1.165) is 23.8 Å². The molecule has 0 amide bonds. The standard InChI is InChI=1S/C16H24N4OS/c1-10(8-14-7-6-11(2)22-14)19-16(17-5)18-9-15-20-12(3)13(4)21-15/h6-7,10H,8-9H2,1-5H3,(H2,17,18,19). The van der Waals surface area contributed by atoms with Crippen LogP contribution in [0.25, 0.3) is 0 Å². The Hall–Kier alpha value is -1.82. The van der Waals surface area contributed by atoms with Crippen LogP contribution in [0.4, 0.5) is 0 Å². The van der Waals surface area contributed by atoms with Gasteiger partial charge in [0.2, 0.25) is 5.89 Å². The highest BCUT2D eigenvalue weighted by Crippen LogP contribution is 2.16. The molecule has 0 fully saturated rings. The molecule has 1 atom stereocenters. The minimum atomic E-state index is 0.303. The van der Waals surface area contributed by atoms with Gasteiger partial charge in [-0.1, -0.05) is 0 Å². The second kappa shape index (κ2) is 7.45. The van der Waals surface area contributed by atoms with E-state index in [9.17, 15) is 0 Å². The minimum absolute atomic E-state index is 0.303. The van der Waals surface area contributed by atoms with Crippen molar-refractivity contribution >= 4 is 17.3 Å². The van der Waals surface area contributed by atoms with Crippen molar-refractivity contribution in [1.29, 1.82) is 0 Å². The highest BCUT2D eigenvalue weighted by atomic mass is 32.1. The molecule has 2 aromatic rings. The van der Waals surface area contributed by atoms with Crippen molar-refractivity contribution in [2.24, 2.45) is 4.99 Å². The third-order valence-electron chi connectivity index (χ3n) is 3.39. The highest BCUT2D eigenvalue weighted by Gasteiger charge is 2.10. The van der Waals surface area contributed by atoms with Crippen LogP contribution in [-0.4, -0.2) is 24.0 Å². The second-order valence-electron chi connectivity index (χ2n) is 5.44. The van der Waals surface area contributed by atoms with Crippen molar-refractivity contribution < 1.29 is 4.42 Å². The van der Waals surface area contributed by atoms with Crippen molar-refractivity contribution in [2.45, 2.75) is 46.7 Å². The lowest BCUT2D eigenvalue weighted by molar-refractivity contribution is 0.463. The molecule has 0 spiro atoms. The van der Waals surface area contributed by atoms with Gasteiger partial charge in [-0.05, 0) is 39.8 Å². The lowest BCUT2D eigenvalue weighted by Gasteiger charge is -2.16. The molecule has 120 valence electrons. The van der Waals surface area contributed by atoms with Crippen LogP contribution >= 0.6 is 11.3 Å². The van der Waals surface area contributed by atoms with Gasteiger partial charge in [0.05, 0.1) is 12.2 Å². The maximum absolute atomic E-state index is 5.56. The first-order chi connectivity index (χ1) is 10.5. The highest BCUT2D eigenvalue weighted by molar-refractivity contribution is 7.11. The molecule has 2 aromatic heterocycles. The fourth-order valence-electron chi connectivity index (χ4n) is 2.15. The van der Waals surface area contributed by atoms with Crippen LogP contribution in [0, 0.1) is 20.8 Å². The first kappa shape index (κ1) is 16.5. The molecule has 2 N–H and O–H groups in total. The number of aromatic nitrogens is 1. The number of thiophene rings is 1. The van der Waals surface area contributed by atoms with Crippen LogP contribution in [0.2, 0.25) is 0 Å². The molecule has 6 heteroatoms. The van der Waals surface area contributed by atoms with Gasteiger partial charge in [0.15, 0.2) is 5.96 Å². The summed E-state index contributed by atoms with van der Waals surface area (Å²) in [5, 5.41) is 6.63. The SMILES string of the molecule is CN=C(NCc1nc(C)c(C)o1)NC(C)Cc1ccc(C)s1. The molecule has 0 aromatic carbocycles. The summed E-state index contributed by atoms with van der Waals surface area (Å²) in [5.41, 5.74) is 0.932. The molecule has 0 saturated heterocycles. The normalized spacial score (nSPS) is 13.2. The van der Waals surface area contributed by atoms with Crippen LogP contribution in [0.15, 0.2) is 21.5 Å². The minimum Gasteiger partial charge on any atom is -0.444 e. The summed E-state index contributed by atoms with van der Waals surface area (Å²) in [6.45, 7) is 8.68. The number of rotatable bonds is 5. The fraction of sp³-hybridized carbons (Fsp3) is 0.500. The van der Waals surface area contributed by atoms with Gasteiger partial charge in [-0.25, -0.2) is 4.98 Å². The van der Waals surface area contributed by atoms with Crippen molar-refractivity contribution in [2.75, 3.05) is 7.05 Å². The number of oxazole rings is 1. The molecule has 0 radical (unpaired) electrons. The van der Waals surface area contributed by atoms with Gasteiger partial charge < -0.3 is 15.1 Å². The summed E-state index contributed by atoms with van der Waals surface area (Å²) < 4.78 is 5.56. The first-order valence-electron chi connectivity index (χ1n) is 7.43. The van der Waals surface area contributed by atoms with E-state index in [4.69, 9.17) is 4.42 Å². The topological polar surface area (TPSA) is 62.5 Å². The molecule has 0 saturated carbocycles. The molecule has 1 unspecified atom stereocenters. The van der Waals surface area contributed by atoms with Crippen molar-refractivity contribution in [1.82, 2.24) is 15.6 Å². The number of aliphatic imine (C=N–C) groups is 1. The molecule has 0 aliphatic rings. The van der Waals surface area contributed by atoms with Crippen LogP contribution < -0.4 is 10.6 Å². The fourth-order valence-corrected chi connectivity index (χ4v) is 3.17. The van der Waals surface area contributed by atoms with E-state index in [-0.39, 0.29) is 0 Å². The molecular formula is C16H24N4OS. The summed E-state index contributed by atoms with van der Waals surface area (Å²) >= 11 is 1.84. The summed E-state index contributed by atoms with van der Waals surface area (Å²) in [7, 11) is 1.77. The third-order valence-corrected chi connectivity index (χ3v) is 4.41. The number of hydrogen-bond donors (Lipinski definition) is 2. The summed E-state index contributed by atoms with van der Waals surface area (Å²) in [5.74, 6) is 2.30. The number of hydrogen-bond acceptors (Lipinski definition) is 4. The molecule has 0 bridgehead atoms. The second-order valence-corrected chi connectivity index (χ2v) is 6.81. The molecule has 0 aliphatic carbocycles. The van der Waals surface area contributed by atoms with Crippen LogP contribution in [0.1, 0.15) is 34.0 Å². The van der Waals surface area contributed by atoms with Gasteiger partial charge in [-0.3, -0.25) is 4.99 Å². The van der Waals surface area contributed by atoms with Crippen LogP contribution in [-0.2, 0) is 13.0 Å². The number of guanidine groups is 1. The van der Waals surface area contributed by atoms with E-state index < -0.39 is 0 Å².